The number of amides is 1. The molecule has 1 amide bonds. The molecule has 1 aliphatic heterocycles. The molecule has 0 saturated heterocycles. The van der Waals surface area contributed by atoms with Gasteiger partial charge in [0.2, 0.25) is 5.91 Å². The molecule has 0 saturated carbocycles. The second kappa shape index (κ2) is 8.06. The van der Waals surface area contributed by atoms with Gasteiger partial charge in [0, 0.05) is 22.4 Å². The van der Waals surface area contributed by atoms with Crippen LogP contribution in [0.15, 0.2) is 41.1 Å². The topological polar surface area (TPSA) is 75.5 Å². The zero-order valence-corrected chi connectivity index (χ0v) is 17.8. The van der Waals surface area contributed by atoms with Crippen molar-refractivity contribution in [2.45, 2.75) is 26.3 Å². The smallest absolute Gasteiger partial charge is 0.293 e. The van der Waals surface area contributed by atoms with Crippen LogP contribution < -0.4 is 5.32 Å². The van der Waals surface area contributed by atoms with E-state index in [9.17, 15) is 14.9 Å². The van der Waals surface area contributed by atoms with Gasteiger partial charge in [-0.25, -0.2) is 0 Å². The van der Waals surface area contributed by atoms with Crippen LogP contribution in [-0.4, -0.2) is 28.8 Å². The van der Waals surface area contributed by atoms with E-state index >= 15 is 0 Å². The third-order valence-electron chi connectivity index (χ3n) is 5.31. The normalized spacial score (nSPS) is 16.4. The molecular formula is C21H21N3O3S2. The number of hydrogen-bond acceptors (Lipinski definition) is 6. The first-order chi connectivity index (χ1) is 13.9. The number of rotatable bonds is 5. The Kier molecular flexibility index (Phi) is 5.49. The van der Waals surface area contributed by atoms with Gasteiger partial charge in [0.05, 0.1) is 17.5 Å². The lowest BCUT2D eigenvalue weighted by Crippen LogP contribution is -2.40. The van der Waals surface area contributed by atoms with E-state index in [4.69, 9.17) is 0 Å². The molecule has 1 atom stereocenters. The van der Waals surface area contributed by atoms with Crippen LogP contribution >= 0.6 is 22.7 Å². The van der Waals surface area contributed by atoms with Gasteiger partial charge in [-0.3, -0.25) is 19.8 Å². The van der Waals surface area contributed by atoms with Crippen LogP contribution in [-0.2, 0) is 11.2 Å². The summed E-state index contributed by atoms with van der Waals surface area (Å²) in [6.45, 7) is 4.66. The molecule has 3 heterocycles. The predicted octanol–water partition coefficient (Wildman–Crippen LogP) is 4.92. The summed E-state index contributed by atoms with van der Waals surface area (Å²) >= 11 is 3.44. The Morgan fingerprint density at radius 3 is 2.76 bits per heavy atom. The average molecular weight is 428 g/mol. The number of aryl methyl sites for hydroxylation is 2. The first-order valence-electron chi connectivity index (χ1n) is 9.33. The van der Waals surface area contributed by atoms with Crippen molar-refractivity contribution in [1.29, 1.82) is 0 Å². The van der Waals surface area contributed by atoms with E-state index in [1.807, 2.05) is 25.3 Å². The maximum Gasteiger partial charge on any atom is 0.293 e. The lowest BCUT2D eigenvalue weighted by Gasteiger charge is -2.34. The molecule has 2 aromatic heterocycles. The summed E-state index contributed by atoms with van der Waals surface area (Å²) < 4.78 is 0. The van der Waals surface area contributed by atoms with Crippen molar-refractivity contribution < 1.29 is 9.72 Å². The molecule has 1 aliphatic rings. The molecular weight excluding hydrogens is 406 g/mol. The molecule has 4 rings (SSSR count). The summed E-state index contributed by atoms with van der Waals surface area (Å²) in [5, 5.41) is 18.3. The fourth-order valence-corrected chi connectivity index (χ4v) is 5.53. The van der Waals surface area contributed by atoms with Gasteiger partial charge >= 0.3 is 0 Å². The van der Waals surface area contributed by atoms with Crippen molar-refractivity contribution >= 4 is 40.0 Å². The lowest BCUT2D eigenvalue weighted by atomic mass is 9.98. The van der Waals surface area contributed by atoms with Crippen molar-refractivity contribution in [3.05, 3.63) is 77.7 Å². The van der Waals surface area contributed by atoms with Gasteiger partial charge in [-0.1, -0.05) is 6.07 Å². The summed E-state index contributed by atoms with van der Waals surface area (Å²) in [5.41, 5.74) is 3.17. The molecule has 29 heavy (non-hydrogen) atoms. The number of thiophene rings is 2. The first kappa shape index (κ1) is 19.8. The molecule has 8 heteroatoms. The van der Waals surface area contributed by atoms with E-state index in [2.05, 4.69) is 27.7 Å². The fourth-order valence-electron chi connectivity index (χ4n) is 3.75. The summed E-state index contributed by atoms with van der Waals surface area (Å²) in [7, 11) is 0. The number of anilines is 1. The summed E-state index contributed by atoms with van der Waals surface area (Å²) in [6, 6.07) is 9.50. The van der Waals surface area contributed by atoms with Crippen LogP contribution in [0.3, 0.4) is 0 Å². The van der Waals surface area contributed by atoms with Gasteiger partial charge in [0.1, 0.15) is 5.69 Å². The minimum atomic E-state index is -0.449. The highest BCUT2D eigenvalue weighted by atomic mass is 32.1. The zero-order chi connectivity index (χ0) is 20.5. The van der Waals surface area contributed by atoms with Crippen LogP contribution in [0.2, 0.25) is 0 Å². The Morgan fingerprint density at radius 2 is 2.03 bits per heavy atom. The Balaban J connectivity index is 1.57. The van der Waals surface area contributed by atoms with Crippen molar-refractivity contribution in [2.75, 3.05) is 18.4 Å². The highest BCUT2D eigenvalue weighted by Crippen LogP contribution is 2.39. The summed E-state index contributed by atoms with van der Waals surface area (Å²) in [5.74, 6) is -0.239. The molecule has 0 spiro atoms. The zero-order valence-electron chi connectivity index (χ0n) is 16.2. The van der Waals surface area contributed by atoms with E-state index in [1.165, 1.54) is 21.4 Å². The number of hydrogen-bond donors (Lipinski definition) is 1. The number of benzene rings is 1. The quantitative estimate of drug-likeness (QED) is 0.463. The number of carbonyl (C=O) groups excluding carboxylic acids is 1. The highest BCUT2D eigenvalue weighted by molar-refractivity contribution is 7.10. The van der Waals surface area contributed by atoms with Gasteiger partial charge in [0.25, 0.3) is 5.69 Å². The molecule has 0 unspecified atom stereocenters. The van der Waals surface area contributed by atoms with Crippen LogP contribution in [0.4, 0.5) is 11.4 Å². The SMILES string of the molecule is Cc1cc(NC(=O)CN2CCc3sccc3[C@@H]2c2cccs2)c([N+](=O)[O-])cc1C. The Morgan fingerprint density at radius 1 is 1.24 bits per heavy atom. The number of nitro groups is 1. The van der Waals surface area contributed by atoms with Crippen LogP contribution in [0.1, 0.15) is 32.5 Å². The number of fused-ring (bicyclic) bond motifs is 1. The predicted molar refractivity (Wildman–Crippen MR) is 117 cm³/mol. The molecule has 0 aliphatic carbocycles. The first-order valence-corrected chi connectivity index (χ1v) is 11.1. The average Bonchev–Trinajstić information content (AvgIpc) is 3.35. The Bertz CT molecular complexity index is 1060. The van der Waals surface area contributed by atoms with Crippen LogP contribution in [0, 0.1) is 24.0 Å². The largest absolute Gasteiger partial charge is 0.319 e. The van der Waals surface area contributed by atoms with Crippen LogP contribution in [0.25, 0.3) is 0 Å². The number of nitrogens with one attached hydrogen (secondary N) is 1. The maximum absolute atomic E-state index is 12.8. The van der Waals surface area contributed by atoms with Gasteiger partial charge < -0.3 is 5.32 Å². The van der Waals surface area contributed by atoms with E-state index in [1.54, 1.807) is 28.7 Å². The number of nitro benzene ring substituents is 1. The van der Waals surface area contributed by atoms with Crippen molar-refractivity contribution in [3.63, 3.8) is 0 Å². The highest BCUT2D eigenvalue weighted by Gasteiger charge is 2.31. The molecule has 1 aromatic carbocycles. The summed E-state index contributed by atoms with van der Waals surface area (Å²) in [6.07, 6.45) is 0.909. The second-order valence-corrected chi connectivity index (χ2v) is 9.18. The second-order valence-electron chi connectivity index (χ2n) is 7.20. The monoisotopic (exact) mass is 427 g/mol. The standard InChI is InChI=1S/C21H21N3O3S2/c1-13-10-16(17(24(26)27)11-14(13)2)22-20(25)12-23-7-5-18-15(6-9-29-18)21(23)19-4-3-8-28-19/h3-4,6,8-11,21H,5,7,12H2,1-2H3,(H,22,25)/t21-/m1/s1. The van der Waals surface area contributed by atoms with Crippen LogP contribution in [0.5, 0.6) is 0 Å². The number of carbonyl (C=O) groups is 1. The Hall–Kier alpha value is -2.55. The van der Waals surface area contributed by atoms with Gasteiger partial charge in [-0.05, 0) is 65.9 Å². The molecule has 0 fully saturated rings. The third-order valence-corrected chi connectivity index (χ3v) is 7.23. The van der Waals surface area contributed by atoms with Gasteiger partial charge in [-0.2, -0.15) is 0 Å². The van der Waals surface area contributed by atoms with Crippen molar-refractivity contribution in [2.24, 2.45) is 0 Å². The van der Waals surface area contributed by atoms with E-state index in [0.29, 0.717) is 0 Å². The molecule has 0 bridgehead atoms. The molecule has 0 radical (unpaired) electrons. The molecule has 1 N–H and O–H groups in total. The molecule has 150 valence electrons. The van der Waals surface area contributed by atoms with E-state index < -0.39 is 4.92 Å². The van der Waals surface area contributed by atoms with Gasteiger partial charge in [-0.15, -0.1) is 22.7 Å². The maximum atomic E-state index is 12.8. The molecule has 6 nitrogen and oxygen atoms in total. The van der Waals surface area contributed by atoms with Gasteiger partial charge in [0.15, 0.2) is 0 Å². The lowest BCUT2D eigenvalue weighted by molar-refractivity contribution is -0.384. The van der Waals surface area contributed by atoms with E-state index in [-0.39, 0.29) is 29.9 Å². The minimum absolute atomic E-state index is 0.0467. The fraction of sp³-hybridized carbons (Fsp3) is 0.286. The number of nitrogens with zero attached hydrogens (tertiary/aromatic N) is 2. The van der Waals surface area contributed by atoms with Crippen molar-refractivity contribution in [1.82, 2.24) is 4.90 Å². The van der Waals surface area contributed by atoms with E-state index in [0.717, 1.165) is 24.1 Å². The third kappa shape index (κ3) is 3.96. The summed E-state index contributed by atoms with van der Waals surface area (Å²) in [4.78, 5) is 28.5. The Labute approximate surface area is 176 Å². The molecule has 3 aromatic rings. The minimum Gasteiger partial charge on any atom is -0.319 e. The van der Waals surface area contributed by atoms with Crippen molar-refractivity contribution in [3.8, 4) is 0 Å².